The predicted octanol–water partition coefficient (Wildman–Crippen LogP) is 5.36. The monoisotopic (exact) mass is 500 g/mol. The molecule has 2 aliphatic rings. The van der Waals surface area contributed by atoms with Crippen LogP contribution in [0.15, 0.2) is 76.5 Å². The van der Waals surface area contributed by atoms with E-state index in [2.05, 4.69) is 10.6 Å². The third-order valence-electron chi connectivity index (χ3n) is 6.68. The van der Waals surface area contributed by atoms with Crippen LogP contribution >= 0.6 is 11.3 Å². The molecule has 0 radical (unpaired) electrons. The molecule has 3 aromatic rings. The quantitative estimate of drug-likeness (QED) is 0.427. The van der Waals surface area contributed by atoms with E-state index in [9.17, 15) is 14.4 Å². The fraction of sp³-hybridized carbons (Fsp3) is 0.276. The molecular weight excluding hydrogens is 472 g/mol. The highest BCUT2D eigenvalue weighted by Crippen LogP contribution is 2.43. The zero-order chi connectivity index (χ0) is 25.4. The van der Waals surface area contributed by atoms with E-state index in [-0.39, 0.29) is 18.3 Å². The van der Waals surface area contributed by atoms with Gasteiger partial charge in [-0.2, -0.15) is 0 Å². The number of allylic oxidation sites excluding steroid dienone is 3. The summed E-state index contributed by atoms with van der Waals surface area (Å²) in [6.45, 7) is 5.30. The lowest BCUT2D eigenvalue weighted by molar-refractivity contribution is -0.140. The number of thiophene rings is 1. The number of amides is 1. The largest absolute Gasteiger partial charge is 0.457 e. The summed E-state index contributed by atoms with van der Waals surface area (Å²) in [5.74, 6) is -1.15. The summed E-state index contributed by atoms with van der Waals surface area (Å²) >= 11 is 1.60. The minimum atomic E-state index is -0.513. The number of benzene rings is 2. The molecule has 1 saturated carbocycles. The number of hydrogen-bond donors (Lipinski definition) is 2. The van der Waals surface area contributed by atoms with Gasteiger partial charge in [0.2, 0.25) is 0 Å². The van der Waals surface area contributed by atoms with Gasteiger partial charge in [-0.15, -0.1) is 11.3 Å². The second-order valence-electron chi connectivity index (χ2n) is 9.40. The van der Waals surface area contributed by atoms with E-state index in [4.69, 9.17) is 4.74 Å². The molecular formula is C29H28N2O4S. The summed E-state index contributed by atoms with van der Waals surface area (Å²) in [5, 5.41) is 9.24. The molecule has 36 heavy (non-hydrogen) atoms. The first-order valence-corrected chi connectivity index (χ1v) is 12.9. The molecule has 1 amide bonds. The van der Waals surface area contributed by atoms with Gasteiger partial charge in [-0.25, -0.2) is 4.79 Å². The van der Waals surface area contributed by atoms with Crippen molar-refractivity contribution in [3.63, 3.8) is 0 Å². The number of ether oxygens (including phenoxy) is 1. The van der Waals surface area contributed by atoms with E-state index in [0.29, 0.717) is 28.4 Å². The van der Waals surface area contributed by atoms with Gasteiger partial charge >= 0.3 is 5.97 Å². The van der Waals surface area contributed by atoms with Crippen LogP contribution in [0.1, 0.15) is 61.0 Å². The number of rotatable bonds is 7. The number of ketones is 1. The van der Waals surface area contributed by atoms with E-state index in [1.54, 1.807) is 35.6 Å². The number of dihydropyridines is 1. The molecule has 1 aliphatic carbocycles. The number of nitrogens with one attached hydrogen (secondary N) is 2. The van der Waals surface area contributed by atoms with Crippen LogP contribution in [0.4, 0.5) is 0 Å². The molecule has 0 saturated heterocycles. The Bertz CT molecular complexity index is 1430. The van der Waals surface area contributed by atoms with Crippen molar-refractivity contribution in [1.82, 2.24) is 10.6 Å². The Labute approximate surface area is 214 Å². The van der Waals surface area contributed by atoms with Crippen LogP contribution < -0.4 is 10.6 Å². The van der Waals surface area contributed by atoms with E-state index < -0.39 is 11.9 Å². The number of carbonyl (C=O) groups is 3. The standard InChI is InChI=1S/C29H28N2O4S/c1-16-25(18(3)32)27(23-15-36-24-7-5-4-6-22(23)24)26(17(2)30-16)29(34)35-14-19-8-10-20(11-9-19)28(33)31-21-12-13-21/h4-11,15,21,27,30H,12-14H2,1-3H3,(H,31,33). The maximum atomic E-state index is 13.5. The lowest BCUT2D eigenvalue weighted by Crippen LogP contribution is -2.31. The highest BCUT2D eigenvalue weighted by molar-refractivity contribution is 7.17. The molecule has 1 aliphatic heterocycles. The molecule has 0 bridgehead atoms. The summed E-state index contributed by atoms with van der Waals surface area (Å²) in [6, 6.07) is 15.4. The number of fused-ring (bicyclic) bond motifs is 1. The van der Waals surface area contributed by atoms with Crippen LogP contribution in [-0.2, 0) is 20.9 Å². The Kier molecular flexibility index (Phi) is 6.49. The Morgan fingerprint density at radius 1 is 1.00 bits per heavy atom. The van der Waals surface area contributed by atoms with Crippen LogP contribution in [0.2, 0.25) is 0 Å². The molecule has 0 spiro atoms. The topological polar surface area (TPSA) is 84.5 Å². The Hall–Kier alpha value is -3.71. The van der Waals surface area contributed by atoms with Crippen LogP contribution in [0.25, 0.3) is 10.1 Å². The van der Waals surface area contributed by atoms with Crippen LogP contribution in [-0.4, -0.2) is 23.7 Å². The molecule has 2 heterocycles. The summed E-state index contributed by atoms with van der Waals surface area (Å²) < 4.78 is 6.85. The molecule has 2 aromatic carbocycles. The van der Waals surface area contributed by atoms with E-state index >= 15 is 0 Å². The minimum Gasteiger partial charge on any atom is -0.457 e. The third kappa shape index (κ3) is 4.71. The number of esters is 1. The Balaban J connectivity index is 1.40. The SMILES string of the molecule is CC(=O)C1=C(C)NC(C)=C(C(=O)OCc2ccc(C(=O)NC3CC3)cc2)C1c1csc2ccccc12. The van der Waals surface area contributed by atoms with Crippen molar-refractivity contribution < 1.29 is 19.1 Å². The average molecular weight is 501 g/mol. The maximum Gasteiger partial charge on any atom is 0.337 e. The molecule has 5 rings (SSSR count). The highest BCUT2D eigenvalue weighted by atomic mass is 32.1. The van der Waals surface area contributed by atoms with Gasteiger partial charge in [0.15, 0.2) is 5.78 Å². The molecule has 2 N–H and O–H groups in total. The summed E-state index contributed by atoms with van der Waals surface area (Å²) in [4.78, 5) is 38.5. The van der Waals surface area contributed by atoms with Crippen molar-refractivity contribution in [3.05, 3.63) is 93.1 Å². The molecule has 1 unspecified atom stereocenters. The summed E-state index contributed by atoms with van der Waals surface area (Å²) in [7, 11) is 0. The molecule has 6 nitrogen and oxygen atoms in total. The van der Waals surface area contributed by atoms with Crippen molar-refractivity contribution in [2.24, 2.45) is 0 Å². The van der Waals surface area contributed by atoms with Crippen molar-refractivity contribution in [2.75, 3.05) is 0 Å². The van der Waals surface area contributed by atoms with Crippen LogP contribution in [0.5, 0.6) is 0 Å². The second-order valence-corrected chi connectivity index (χ2v) is 10.3. The van der Waals surface area contributed by atoms with Gasteiger partial charge in [0, 0.05) is 39.2 Å². The van der Waals surface area contributed by atoms with Crippen molar-refractivity contribution in [1.29, 1.82) is 0 Å². The van der Waals surface area contributed by atoms with Gasteiger partial charge in [0.05, 0.1) is 5.57 Å². The normalized spacial score (nSPS) is 17.7. The summed E-state index contributed by atoms with van der Waals surface area (Å²) in [5.41, 5.74) is 4.73. The number of carbonyl (C=O) groups excluding carboxylic acids is 3. The number of hydrogen-bond acceptors (Lipinski definition) is 6. The van der Waals surface area contributed by atoms with Gasteiger partial charge in [-0.05, 0) is 73.7 Å². The number of Topliss-reactive ketones (excluding diaryl/α,β-unsaturated/α-hetero) is 1. The van der Waals surface area contributed by atoms with Gasteiger partial charge in [0.25, 0.3) is 5.91 Å². The van der Waals surface area contributed by atoms with Crippen LogP contribution in [0.3, 0.4) is 0 Å². The Morgan fingerprint density at radius 3 is 2.39 bits per heavy atom. The molecule has 1 fully saturated rings. The molecule has 1 aromatic heterocycles. The fourth-order valence-electron chi connectivity index (χ4n) is 4.74. The van der Waals surface area contributed by atoms with Crippen molar-refractivity contribution in [2.45, 2.75) is 52.2 Å². The van der Waals surface area contributed by atoms with Crippen molar-refractivity contribution in [3.8, 4) is 0 Å². The lowest BCUT2D eigenvalue weighted by Gasteiger charge is -2.30. The van der Waals surface area contributed by atoms with E-state index in [1.807, 2.05) is 43.5 Å². The molecule has 1 atom stereocenters. The summed E-state index contributed by atoms with van der Waals surface area (Å²) in [6.07, 6.45) is 2.07. The third-order valence-corrected chi connectivity index (χ3v) is 7.66. The van der Waals surface area contributed by atoms with Gasteiger partial charge in [0.1, 0.15) is 6.61 Å². The fourth-order valence-corrected chi connectivity index (χ4v) is 5.73. The maximum absolute atomic E-state index is 13.5. The average Bonchev–Trinajstić information content (AvgIpc) is 3.57. The smallest absolute Gasteiger partial charge is 0.337 e. The lowest BCUT2D eigenvalue weighted by atomic mass is 9.79. The van der Waals surface area contributed by atoms with Crippen LogP contribution in [0, 0.1) is 0 Å². The first-order valence-electron chi connectivity index (χ1n) is 12.1. The first kappa shape index (κ1) is 24.0. The highest BCUT2D eigenvalue weighted by Gasteiger charge is 2.37. The van der Waals surface area contributed by atoms with Gasteiger partial charge < -0.3 is 15.4 Å². The minimum absolute atomic E-state index is 0.0648. The molecule has 184 valence electrons. The zero-order valence-electron chi connectivity index (χ0n) is 20.5. The van der Waals surface area contributed by atoms with E-state index in [0.717, 1.165) is 39.8 Å². The predicted molar refractivity (Wildman–Crippen MR) is 141 cm³/mol. The zero-order valence-corrected chi connectivity index (χ0v) is 21.3. The first-order chi connectivity index (χ1) is 17.3. The van der Waals surface area contributed by atoms with E-state index in [1.165, 1.54) is 6.92 Å². The molecule has 7 heteroatoms. The van der Waals surface area contributed by atoms with Gasteiger partial charge in [-0.1, -0.05) is 30.3 Å². The second kappa shape index (κ2) is 9.74. The van der Waals surface area contributed by atoms with Crippen molar-refractivity contribution >= 4 is 39.1 Å². The van der Waals surface area contributed by atoms with Gasteiger partial charge in [-0.3, -0.25) is 9.59 Å². The Morgan fingerprint density at radius 2 is 1.69 bits per heavy atom.